The molecule has 0 radical (unpaired) electrons. The summed E-state index contributed by atoms with van der Waals surface area (Å²) in [5.74, 6) is -1.29. The standard InChI is InChI=1S/C15H16N4O2S.K/c1-15(2,3)19-12-9(11(18-19)13(20)21)6-5-8-7-16-14(22-4)17-10(8)12;/h5-7H,1-4H3,(H,20,21);/q;+1/p-1. The zero-order valence-corrected chi connectivity index (χ0v) is 17.7. The molecule has 0 saturated carbocycles. The predicted octanol–water partition coefficient (Wildman–Crippen LogP) is -1.18. The second-order valence-corrected chi connectivity index (χ2v) is 6.75. The smallest absolute Gasteiger partial charge is 0.543 e. The number of benzene rings is 1. The van der Waals surface area contributed by atoms with Crippen molar-refractivity contribution < 1.29 is 61.3 Å². The van der Waals surface area contributed by atoms with Crippen LogP contribution < -0.4 is 56.5 Å². The summed E-state index contributed by atoms with van der Waals surface area (Å²) in [5.41, 5.74) is 0.954. The van der Waals surface area contributed by atoms with Crippen LogP contribution in [0.3, 0.4) is 0 Å². The van der Waals surface area contributed by atoms with Gasteiger partial charge in [-0.2, -0.15) is 5.10 Å². The van der Waals surface area contributed by atoms with Crippen LogP contribution in [0.4, 0.5) is 0 Å². The van der Waals surface area contributed by atoms with Crippen molar-refractivity contribution in [1.82, 2.24) is 19.7 Å². The molecule has 6 nitrogen and oxygen atoms in total. The second kappa shape index (κ2) is 6.77. The van der Waals surface area contributed by atoms with Crippen LogP contribution in [0, 0.1) is 0 Å². The number of thioether (sulfide) groups is 1. The van der Waals surface area contributed by atoms with Crippen LogP contribution in [-0.4, -0.2) is 32.0 Å². The number of fused-ring (bicyclic) bond motifs is 3. The maximum atomic E-state index is 11.4. The molecule has 0 unspecified atom stereocenters. The van der Waals surface area contributed by atoms with Crippen LogP contribution in [0.15, 0.2) is 23.5 Å². The molecule has 0 aliphatic rings. The van der Waals surface area contributed by atoms with Gasteiger partial charge >= 0.3 is 51.4 Å². The summed E-state index contributed by atoms with van der Waals surface area (Å²) in [6, 6.07) is 3.54. The van der Waals surface area contributed by atoms with Crippen LogP contribution in [0.1, 0.15) is 31.3 Å². The first-order chi connectivity index (χ1) is 10.3. The molecule has 0 spiro atoms. The largest absolute Gasteiger partial charge is 1.00 e. The SMILES string of the molecule is CSc1ncc2ccc3c(C(=O)[O-])nn(C(C)(C)C)c3c2n1.[K+]. The van der Waals surface area contributed by atoms with E-state index in [1.54, 1.807) is 16.9 Å². The molecule has 3 rings (SSSR count). The van der Waals surface area contributed by atoms with Crippen molar-refractivity contribution in [3.8, 4) is 0 Å². The maximum Gasteiger partial charge on any atom is 1.00 e. The number of carbonyl (C=O) groups excluding carboxylic acids is 1. The molecule has 3 aromatic rings. The molecule has 0 aliphatic carbocycles. The minimum absolute atomic E-state index is 0. The van der Waals surface area contributed by atoms with Gasteiger partial charge in [-0.05, 0) is 33.1 Å². The van der Waals surface area contributed by atoms with Gasteiger partial charge in [0.2, 0.25) is 0 Å². The van der Waals surface area contributed by atoms with Crippen LogP contribution in [-0.2, 0) is 5.54 Å². The molecule has 0 aliphatic heterocycles. The van der Waals surface area contributed by atoms with E-state index in [4.69, 9.17) is 0 Å². The molecule has 2 heterocycles. The third kappa shape index (κ3) is 3.33. The van der Waals surface area contributed by atoms with Crippen molar-refractivity contribution in [3.63, 3.8) is 0 Å². The molecule has 114 valence electrons. The maximum absolute atomic E-state index is 11.4. The Morgan fingerprint density at radius 3 is 2.57 bits per heavy atom. The van der Waals surface area contributed by atoms with Crippen molar-refractivity contribution in [2.75, 3.05) is 6.26 Å². The van der Waals surface area contributed by atoms with Crippen molar-refractivity contribution in [2.45, 2.75) is 31.5 Å². The third-order valence-electron chi connectivity index (χ3n) is 3.38. The van der Waals surface area contributed by atoms with E-state index in [0.717, 1.165) is 5.39 Å². The minimum atomic E-state index is -1.29. The van der Waals surface area contributed by atoms with E-state index in [1.807, 2.05) is 33.1 Å². The van der Waals surface area contributed by atoms with Crippen molar-refractivity contribution in [3.05, 3.63) is 24.0 Å². The molecule has 0 N–H and O–H groups in total. The molecular weight excluding hydrogens is 339 g/mol. The van der Waals surface area contributed by atoms with E-state index in [1.165, 1.54) is 11.8 Å². The first kappa shape index (κ1) is 18.8. The number of carboxylic acids is 1. The second-order valence-electron chi connectivity index (χ2n) is 5.97. The Bertz CT molecular complexity index is 902. The summed E-state index contributed by atoms with van der Waals surface area (Å²) < 4.78 is 1.70. The zero-order valence-electron chi connectivity index (χ0n) is 13.7. The Morgan fingerprint density at radius 1 is 1.30 bits per heavy atom. The van der Waals surface area contributed by atoms with Gasteiger partial charge < -0.3 is 9.90 Å². The summed E-state index contributed by atoms with van der Waals surface area (Å²) in [6.07, 6.45) is 3.64. The monoisotopic (exact) mass is 354 g/mol. The number of aromatic nitrogens is 4. The summed E-state index contributed by atoms with van der Waals surface area (Å²) in [4.78, 5) is 20.2. The summed E-state index contributed by atoms with van der Waals surface area (Å²) in [7, 11) is 0. The van der Waals surface area contributed by atoms with Crippen LogP contribution in [0.2, 0.25) is 0 Å². The van der Waals surface area contributed by atoms with Crippen molar-refractivity contribution in [2.24, 2.45) is 0 Å². The fraction of sp³-hybridized carbons (Fsp3) is 0.333. The first-order valence-electron chi connectivity index (χ1n) is 6.77. The Morgan fingerprint density at radius 2 is 2.00 bits per heavy atom. The van der Waals surface area contributed by atoms with E-state index < -0.39 is 5.97 Å². The Balaban J connectivity index is 0.00000192. The number of nitrogens with zero attached hydrogens (tertiary/aromatic N) is 4. The van der Waals surface area contributed by atoms with Gasteiger partial charge in [0.1, 0.15) is 11.2 Å². The number of carboxylic acid groups (broad SMARTS) is 1. The number of rotatable bonds is 2. The number of aromatic carboxylic acids is 1. The third-order valence-corrected chi connectivity index (χ3v) is 3.94. The molecule has 0 fully saturated rings. The molecule has 8 heteroatoms. The van der Waals surface area contributed by atoms with E-state index in [2.05, 4.69) is 15.1 Å². The molecule has 0 amide bonds. The molecule has 1 aromatic carbocycles. The van der Waals surface area contributed by atoms with Crippen molar-refractivity contribution in [1.29, 1.82) is 0 Å². The quantitative estimate of drug-likeness (QED) is 0.327. The molecule has 0 saturated heterocycles. The van der Waals surface area contributed by atoms with Gasteiger partial charge in [0.15, 0.2) is 5.16 Å². The topological polar surface area (TPSA) is 83.7 Å². The Kier molecular flexibility index (Phi) is 5.54. The van der Waals surface area contributed by atoms with Gasteiger partial charge in [-0.1, -0.05) is 17.8 Å². The summed E-state index contributed by atoms with van der Waals surface area (Å²) in [5, 5.41) is 17.7. The predicted molar refractivity (Wildman–Crippen MR) is 83.9 cm³/mol. The average Bonchev–Trinajstić information content (AvgIpc) is 2.86. The van der Waals surface area contributed by atoms with Gasteiger partial charge in [-0.15, -0.1) is 0 Å². The molecule has 0 bridgehead atoms. The van der Waals surface area contributed by atoms with Crippen LogP contribution in [0.5, 0.6) is 0 Å². The first-order valence-corrected chi connectivity index (χ1v) is 7.99. The van der Waals surface area contributed by atoms with E-state index in [-0.39, 0.29) is 62.6 Å². The van der Waals surface area contributed by atoms with Gasteiger partial charge in [-0.25, -0.2) is 9.97 Å². The van der Waals surface area contributed by atoms with Crippen LogP contribution in [0.25, 0.3) is 21.8 Å². The van der Waals surface area contributed by atoms with Gasteiger partial charge in [0.05, 0.1) is 17.0 Å². The van der Waals surface area contributed by atoms with Gasteiger partial charge in [-0.3, -0.25) is 4.68 Å². The molecular formula is C15H15KN4O2S. The Labute approximate surface area is 180 Å². The fourth-order valence-electron chi connectivity index (χ4n) is 2.41. The normalized spacial score (nSPS) is 11.7. The number of hydrogen-bond acceptors (Lipinski definition) is 6. The summed E-state index contributed by atoms with van der Waals surface area (Å²) in [6.45, 7) is 5.90. The summed E-state index contributed by atoms with van der Waals surface area (Å²) >= 11 is 1.44. The molecule has 0 atom stereocenters. The molecule has 2 aromatic heterocycles. The fourth-order valence-corrected chi connectivity index (χ4v) is 2.75. The van der Waals surface area contributed by atoms with E-state index in [9.17, 15) is 9.90 Å². The Hall–Kier alpha value is -0.514. The average molecular weight is 354 g/mol. The van der Waals surface area contributed by atoms with Gasteiger partial charge in [0.25, 0.3) is 0 Å². The van der Waals surface area contributed by atoms with Crippen molar-refractivity contribution >= 4 is 39.5 Å². The van der Waals surface area contributed by atoms with Crippen LogP contribution >= 0.6 is 11.8 Å². The minimum Gasteiger partial charge on any atom is -0.543 e. The number of carbonyl (C=O) groups is 1. The van der Waals surface area contributed by atoms with E-state index in [0.29, 0.717) is 21.6 Å². The molecule has 23 heavy (non-hydrogen) atoms. The van der Waals surface area contributed by atoms with Gasteiger partial charge in [0, 0.05) is 17.0 Å². The zero-order chi connectivity index (χ0) is 16.1. The van der Waals surface area contributed by atoms with E-state index >= 15 is 0 Å². The number of hydrogen-bond donors (Lipinski definition) is 0.